The molecule has 0 bridgehead atoms. The van der Waals surface area contributed by atoms with Crippen LogP contribution in [0.25, 0.3) is 10.8 Å². The van der Waals surface area contributed by atoms with Crippen LogP contribution < -0.4 is 5.32 Å². The number of piperidine rings is 1. The average Bonchev–Trinajstić information content (AvgIpc) is 3.36. The summed E-state index contributed by atoms with van der Waals surface area (Å²) in [5.41, 5.74) is 1.30. The van der Waals surface area contributed by atoms with Crippen molar-refractivity contribution in [3.05, 3.63) is 35.0 Å². The molecule has 7 nitrogen and oxygen atoms in total. The predicted octanol–water partition coefficient (Wildman–Crippen LogP) is 3.58. The fraction of sp³-hybridized carbons (Fsp3) is 0.615. The van der Waals surface area contributed by atoms with Gasteiger partial charge in [0.05, 0.1) is 25.4 Å². The molecule has 4 heterocycles. The van der Waals surface area contributed by atoms with Crippen molar-refractivity contribution in [2.45, 2.75) is 50.2 Å². The van der Waals surface area contributed by atoms with E-state index in [1.165, 1.54) is 0 Å². The van der Waals surface area contributed by atoms with Crippen molar-refractivity contribution in [1.82, 2.24) is 9.88 Å². The van der Waals surface area contributed by atoms with E-state index in [0.717, 1.165) is 79.8 Å². The van der Waals surface area contributed by atoms with E-state index in [1.807, 2.05) is 12.1 Å². The Morgan fingerprint density at radius 1 is 1.12 bits per heavy atom. The molecule has 2 N–H and O–H groups in total. The van der Waals surface area contributed by atoms with Crippen LogP contribution in [0.3, 0.4) is 0 Å². The average molecular weight is 486 g/mol. The number of nitrogens with zero attached hydrogens (tertiary/aromatic N) is 2. The number of likely N-dealkylation sites (tertiary alicyclic amines) is 1. The molecule has 1 aromatic carbocycles. The predicted molar refractivity (Wildman–Crippen MR) is 130 cm³/mol. The quantitative estimate of drug-likeness (QED) is 0.688. The minimum absolute atomic E-state index is 0.0728. The molecule has 4 fully saturated rings. The molecule has 1 spiro atoms. The number of hydrogen-bond donors (Lipinski definition) is 2. The smallest absolute Gasteiger partial charge is 0.229 e. The number of fused-ring (bicyclic) bond motifs is 1. The Morgan fingerprint density at radius 3 is 2.65 bits per heavy atom. The number of nitrogens with one attached hydrogen (secondary N) is 1. The molecule has 182 valence electrons. The van der Waals surface area contributed by atoms with Crippen molar-refractivity contribution >= 4 is 34.1 Å². The minimum atomic E-state index is -0.390. The molecule has 0 unspecified atom stereocenters. The number of amides is 1. The van der Waals surface area contributed by atoms with E-state index in [0.29, 0.717) is 24.9 Å². The molecule has 1 saturated carbocycles. The number of aliphatic hydroxyl groups excluding tert-OH is 1. The number of anilines is 1. The standard InChI is InChI=1S/C26H32ClN3O4/c27-21-10-18-13-28-24(29-25(32)20-12-26(20)3-7-33-8-4-26)11-17(18)9-19(21)16-1-5-30(6-2-16)22-14-34-15-23(22)31/h9-11,13,16,20,22-23,31H,1-8,12,14-15H2,(H,28,29,32)/t20-,22+,23-/m0/s1. The fourth-order valence-corrected chi connectivity index (χ4v) is 6.58. The first-order valence-electron chi connectivity index (χ1n) is 12.5. The highest BCUT2D eigenvalue weighted by atomic mass is 35.5. The molecule has 8 heteroatoms. The van der Waals surface area contributed by atoms with Gasteiger partial charge < -0.3 is 19.9 Å². The van der Waals surface area contributed by atoms with Crippen LogP contribution in [0.15, 0.2) is 24.4 Å². The van der Waals surface area contributed by atoms with Crippen molar-refractivity contribution in [1.29, 1.82) is 0 Å². The maximum absolute atomic E-state index is 12.9. The maximum atomic E-state index is 12.9. The van der Waals surface area contributed by atoms with Gasteiger partial charge in [-0.3, -0.25) is 9.69 Å². The number of carbonyl (C=O) groups is 1. The van der Waals surface area contributed by atoms with Crippen LogP contribution in [0.1, 0.15) is 43.6 Å². The molecule has 4 aliphatic rings. The Bertz CT molecular complexity index is 1080. The number of aliphatic hydroxyl groups is 1. The van der Waals surface area contributed by atoms with Crippen molar-refractivity contribution in [3.63, 3.8) is 0 Å². The molecular formula is C26H32ClN3O4. The molecule has 0 radical (unpaired) electrons. The summed E-state index contributed by atoms with van der Waals surface area (Å²) in [6.45, 7) is 4.42. The van der Waals surface area contributed by atoms with Crippen LogP contribution in [0, 0.1) is 11.3 Å². The Balaban J connectivity index is 1.15. The van der Waals surface area contributed by atoms with Crippen LogP contribution in [0.2, 0.25) is 5.02 Å². The number of rotatable bonds is 4. The van der Waals surface area contributed by atoms with Gasteiger partial charge in [-0.05, 0) is 85.7 Å². The SMILES string of the molecule is O=C(Nc1cc2cc(C3CCN([C@@H]4COC[C@@H]4O)CC3)c(Cl)cc2cn1)[C@@H]1CC12CCOCC2. The molecular weight excluding hydrogens is 454 g/mol. The van der Waals surface area contributed by atoms with Gasteiger partial charge in [-0.15, -0.1) is 0 Å². The van der Waals surface area contributed by atoms with Gasteiger partial charge in [0.25, 0.3) is 0 Å². The van der Waals surface area contributed by atoms with E-state index in [-0.39, 0.29) is 29.4 Å². The summed E-state index contributed by atoms with van der Waals surface area (Å²) in [5, 5.41) is 16.0. The van der Waals surface area contributed by atoms with Crippen molar-refractivity contribution in [2.24, 2.45) is 11.3 Å². The summed E-state index contributed by atoms with van der Waals surface area (Å²) < 4.78 is 10.9. The Hall–Kier alpha value is -1.77. The summed E-state index contributed by atoms with van der Waals surface area (Å²) >= 11 is 6.70. The van der Waals surface area contributed by atoms with Gasteiger partial charge in [0.15, 0.2) is 0 Å². The first-order valence-corrected chi connectivity index (χ1v) is 12.9. The maximum Gasteiger partial charge on any atom is 0.229 e. The Kier molecular flexibility index (Phi) is 6.02. The van der Waals surface area contributed by atoms with Gasteiger partial charge in [0.1, 0.15) is 5.82 Å². The number of benzene rings is 1. The lowest BCUT2D eigenvalue weighted by atomic mass is 9.87. The van der Waals surface area contributed by atoms with Gasteiger partial charge in [-0.2, -0.15) is 0 Å². The van der Waals surface area contributed by atoms with Gasteiger partial charge >= 0.3 is 0 Å². The van der Waals surface area contributed by atoms with Gasteiger partial charge in [0, 0.05) is 35.7 Å². The second-order valence-corrected chi connectivity index (χ2v) is 10.9. The number of ether oxygens (including phenoxy) is 2. The zero-order valence-corrected chi connectivity index (χ0v) is 20.1. The molecule has 2 aromatic rings. The third-order valence-electron chi connectivity index (χ3n) is 8.54. The van der Waals surface area contributed by atoms with Crippen molar-refractivity contribution in [3.8, 4) is 0 Å². The van der Waals surface area contributed by atoms with Crippen LogP contribution in [0.4, 0.5) is 5.82 Å². The second kappa shape index (κ2) is 9.03. The molecule has 3 saturated heterocycles. The minimum Gasteiger partial charge on any atom is -0.389 e. The first kappa shape index (κ1) is 22.7. The first-order chi connectivity index (χ1) is 16.5. The summed E-state index contributed by atoms with van der Waals surface area (Å²) in [7, 11) is 0. The van der Waals surface area contributed by atoms with Gasteiger partial charge in [-0.1, -0.05) is 11.6 Å². The summed E-state index contributed by atoms with van der Waals surface area (Å²) in [5.74, 6) is 1.13. The van der Waals surface area contributed by atoms with E-state index in [4.69, 9.17) is 21.1 Å². The Labute approximate surface area is 204 Å². The molecule has 34 heavy (non-hydrogen) atoms. The highest BCUT2D eigenvalue weighted by Gasteiger charge is 2.58. The number of carbonyl (C=O) groups excluding carboxylic acids is 1. The lowest BCUT2D eigenvalue weighted by molar-refractivity contribution is -0.118. The lowest BCUT2D eigenvalue weighted by Gasteiger charge is -2.36. The topological polar surface area (TPSA) is 83.9 Å². The summed E-state index contributed by atoms with van der Waals surface area (Å²) in [4.78, 5) is 19.7. The number of pyridine rings is 1. The molecule has 1 amide bonds. The number of halogens is 1. The van der Waals surface area contributed by atoms with Crippen molar-refractivity contribution in [2.75, 3.05) is 44.8 Å². The molecule has 6 rings (SSSR count). The summed E-state index contributed by atoms with van der Waals surface area (Å²) in [6, 6.07) is 6.23. The van der Waals surface area contributed by atoms with Gasteiger partial charge in [0.2, 0.25) is 5.91 Å². The number of hydrogen-bond acceptors (Lipinski definition) is 6. The van der Waals surface area contributed by atoms with E-state index in [1.54, 1.807) is 6.20 Å². The van der Waals surface area contributed by atoms with Crippen LogP contribution >= 0.6 is 11.6 Å². The third kappa shape index (κ3) is 4.22. The number of aromatic nitrogens is 1. The Morgan fingerprint density at radius 2 is 1.91 bits per heavy atom. The molecule has 3 aliphatic heterocycles. The third-order valence-corrected chi connectivity index (χ3v) is 8.87. The molecule has 3 atom stereocenters. The molecule has 1 aromatic heterocycles. The highest BCUT2D eigenvalue weighted by molar-refractivity contribution is 6.32. The zero-order chi connectivity index (χ0) is 23.3. The van der Waals surface area contributed by atoms with Crippen molar-refractivity contribution < 1.29 is 19.4 Å². The van der Waals surface area contributed by atoms with Crippen LogP contribution in [-0.2, 0) is 14.3 Å². The normalized spacial score (nSPS) is 29.5. The lowest BCUT2D eigenvalue weighted by Crippen LogP contribution is -2.46. The van der Waals surface area contributed by atoms with E-state index in [2.05, 4.69) is 21.3 Å². The second-order valence-electron chi connectivity index (χ2n) is 10.5. The molecule has 1 aliphatic carbocycles. The van der Waals surface area contributed by atoms with E-state index >= 15 is 0 Å². The summed E-state index contributed by atoms with van der Waals surface area (Å²) in [6.07, 6.45) is 6.31. The van der Waals surface area contributed by atoms with Gasteiger partial charge in [-0.25, -0.2) is 4.98 Å². The monoisotopic (exact) mass is 485 g/mol. The van der Waals surface area contributed by atoms with Crippen LogP contribution in [0.5, 0.6) is 0 Å². The highest BCUT2D eigenvalue weighted by Crippen LogP contribution is 2.59. The van der Waals surface area contributed by atoms with E-state index < -0.39 is 0 Å². The van der Waals surface area contributed by atoms with Crippen LogP contribution in [-0.4, -0.2) is 72.6 Å². The fourth-order valence-electron chi connectivity index (χ4n) is 6.25. The zero-order valence-electron chi connectivity index (χ0n) is 19.3. The van der Waals surface area contributed by atoms with E-state index in [9.17, 15) is 9.90 Å². The largest absolute Gasteiger partial charge is 0.389 e.